The van der Waals surface area contributed by atoms with Crippen LogP contribution in [0.15, 0.2) is 47.4 Å². The molecule has 138 valence electrons. The first-order valence-electron chi connectivity index (χ1n) is 8.70. The second-order valence-corrected chi connectivity index (χ2v) is 8.73. The molecule has 26 heavy (non-hydrogen) atoms. The number of carbonyl (C=O) groups excluding carboxylic acids is 1. The molecule has 0 heterocycles. The molecule has 0 aliphatic heterocycles. The molecule has 2 aromatic carbocycles. The summed E-state index contributed by atoms with van der Waals surface area (Å²) >= 11 is 0. The van der Waals surface area contributed by atoms with E-state index in [0.717, 1.165) is 24.0 Å². The van der Waals surface area contributed by atoms with E-state index in [1.165, 1.54) is 11.6 Å². The van der Waals surface area contributed by atoms with Crippen LogP contribution in [0.3, 0.4) is 0 Å². The molecule has 0 unspecified atom stereocenters. The number of sulfonamides is 1. The maximum absolute atomic E-state index is 12.9. The average Bonchev–Trinajstić information content (AvgIpc) is 3.39. The van der Waals surface area contributed by atoms with Gasteiger partial charge in [0.05, 0.1) is 4.90 Å². The van der Waals surface area contributed by atoms with Crippen LogP contribution < -0.4 is 4.72 Å². The zero-order chi connectivity index (χ0) is 18.9. The first kappa shape index (κ1) is 18.6. The Morgan fingerprint density at radius 3 is 2.38 bits per heavy atom. The summed E-state index contributed by atoms with van der Waals surface area (Å²) in [4.78, 5) is 14.6. The summed E-state index contributed by atoms with van der Waals surface area (Å²) in [5.74, 6) is -0.188. The Kier molecular flexibility index (Phi) is 5.16. The molecular weight excluding hydrogens is 348 g/mol. The van der Waals surface area contributed by atoms with Crippen molar-refractivity contribution in [3.8, 4) is 0 Å². The SMILES string of the molecule is Cc1ccc(CN(C)C(=O)c2cc(S(=O)(=O)NC3CC3)ccc2C)cc1. The molecule has 1 saturated carbocycles. The fraction of sp³-hybridized carbons (Fsp3) is 0.350. The minimum atomic E-state index is -3.58. The summed E-state index contributed by atoms with van der Waals surface area (Å²) in [5, 5.41) is 0. The number of rotatable bonds is 6. The maximum Gasteiger partial charge on any atom is 0.254 e. The number of nitrogens with zero attached hydrogens (tertiary/aromatic N) is 1. The third kappa shape index (κ3) is 4.31. The standard InChI is InChI=1S/C20H24N2O3S/c1-14-4-7-16(8-5-14)13-22(3)20(23)19-12-18(11-6-15(19)2)26(24,25)21-17-9-10-17/h4-8,11-12,17,21H,9-10,13H2,1-3H3. The van der Waals surface area contributed by atoms with Crippen molar-refractivity contribution in [1.29, 1.82) is 0 Å². The molecule has 0 atom stereocenters. The quantitative estimate of drug-likeness (QED) is 0.848. The molecule has 1 aliphatic rings. The summed E-state index contributed by atoms with van der Waals surface area (Å²) in [5.41, 5.74) is 3.37. The van der Waals surface area contributed by atoms with E-state index in [4.69, 9.17) is 0 Å². The van der Waals surface area contributed by atoms with Crippen LogP contribution in [-0.4, -0.2) is 32.3 Å². The summed E-state index contributed by atoms with van der Waals surface area (Å²) < 4.78 is 27.5. The molecule has 0 spiro atoms. The van der Waals surface area contributed by atoms with E-state index in [-0.39, 0.29) is 16.8 Å². The Balaban J connectivity index is 1.81. The number of nitrogens with one attached hydrogen (secondary N) is 1. The fourth-order valence-corrected chi connectivity index (χ4v) is 4.06. The fourth-order valence-electron chi connectivity index (χ4n) is 2.73. The van der Waals surface area contributed by atoms with Crippen LogP contribution in [0.25, 0.3) is 0 Å². The normalized spacial score (nSPS) is 14.3. The molecule has 0 radical (unpaired) electrons. The van der Waals surface area contributed by atoms with Gasteiger partial charge in [0.25, 0.3) is 5.91 Å². The summed E-state index contributed by atoms with van der Waals surface area (Å²) in [6.07, 6.45) is 1.74. The molecule has 1 N–H and O–H groups in total. The van der Waals surface area contributed by atoms with Gasteiger partial charge in [-0.15, -0.1) is 0 Å². The topological polar surface area (TPSA) is 66.5 Å². The van der Waals surface area contributed by atoms with Crippen LogP contribution in [0, 0.1) is 13.8 Å². The Morgan fingerprint density at radius 2 is 1.77 bits per heavy atom. The molecule has 0 bridgehead atoms. The zero-order valence-electron chi connectivity index (χ0n) is 15.3. The van der Waals surface area contributed by atoms with E-state index in [9.17, 15) is 13.2 Å². The van der Waals surface area contributed by atoms with Crippen LogP contribution in [0.5, 0.6) is 0 Å². The summed E-state index contributed by atoms with van der Waals surface area (Å²) in [7, 11) is -1.85. The number of benzene rings is 2. The van der Waals surface area contributed by atoms with E-state index in [1.807, 2.05) is 38.1 Å². The lowest BCUT2D eigenvalue weighted by Crippen LogP contribution is -2.28. The van der Waals surface area contributed by atoms with E-state index in [2.05, 4.69) is 4.72 Å². The highest BCUT2D eigenvalue weighted by molar-refractivity contribution is 7.89. The second kappa shape index (κ2) is 7.21. The van der Waals surface area contributed by atoms with Crippen molar-refractivity contribution in [2.45, 2.75) is 44.2 Å². The van der Waals surface area contributed by atoms with Crippen molar-refractivity contribution in [1.82, 2.24) is 9.62 Å². The third-order valence-electron chi connectivity index (χ3n) is 4.54. The Bertz CT molecular complexity index is 917. The van der Waals surface area contributed by atoms with Crippen molar-refractivity contribution >= 4 is 15.9 Å². The van der Waals surface area contributed by atoms with Crippen molar-refractivity contribution < 1.29 is 13.2 Å². The molecule has 6 heteroatoms. The highest BCUT2D eigenvalue weighted by atomic mass is 32.2. The number of aryl methyl sites for hydroxylation is 2. The lowest BCUT2D eigenvalue weighted by Gasteiger charge is -2.19. The van der Waals surface area contributed by atoms with Crippen molar-refractivity contribution in [3.05, 3.63) is 64.7 Å². The Labute approximate surface area is 155 Å². The maximum atomic E-state index is 12.9. The second-order valence-electron chi connectivity index (χ2n) is 7.02. The highest BCUT2D eigenvalue weighted by Gasteiger charge is 2.28. The summed E-state index contributed by atoms with van der Waals surface area (Å²) in [6, 6.07) is 12.8. The highest BCUT2D eigenvalue weighted by Crippen LogP contribution is 2.24. The molecule has 1 aliphatic carbocycles. The molecule has 1 amide bonds. The molecule has 3 rings (SSSR count). The molecule has 0 saturated heterocycles. The van der Waals surface area contributed by atoms with Gasteiger partial charge in [0.1, 0.15) is 0 Å². The van der Waals surface area contributed by atoms with Gasteiger partial charge < -0.3 is 4.90 Å². The molecule has 1 fully saturated rings. The molecule has 0 aromatic heterocycles. The number of carbonyl (C=O) groups is 1. The minimum Gasteiger partial charge on any atom is -0.337 e. The minimum absolute atomic E-state index is 0.0321. The van der Waals surface area contributed by atoms with Gasteiger partial charge >= 0.3 is 0 Å². The van der Waals surface area contributed by atoms with Crippen molar-refractivity contribution in [2.24, 2.45) is 0 Å². The van der Waals surface area contributed by atoms with Gasteiger partial charge in [0.15, 0.2) is 0 Å². The predicted molar refractivity (Wildman–Crippen MR) is 101 cm³/mol. The Morgan fingerprint density at radius 1 is 1.12 bits per heavy atom. The molecule has 5 nitrogen and oxygen atoms in total. The van der Waals surface area contributed by atoms with Crippen molar-refractivity contribution in [2.75, 3.05) is 7.05 Å². The van der Waals surface area contributed by atoms with Crippen LogP contribution >= 0.6 is 0 Å². The van der Waals surface area contributed by atoms with E-state index >= 15 is 0 Å². The van der Waals surface area contributed by atoms with Gasteiger partial charge in [-0.1, -0.05) is 35.9 Å². The average molecular weight is 372 g/mol. The largest absolute Gasteiger partial charge is 0.337 e. The first-order valence-corrected chi connectivity index (χ1v) is 10.2. The number of amides is 1. The van der Waals surface area contributed by atoms with Crippen LogP contribution in [0.2, 0.25) is 0 Å². The van der Waals surface area contributed by atoms with Crippen LogP contribution in [0.1, 0.15) is 39.9 Å². The predicted octanol–water partition coefficient (Wildman–Crippen LogP) is 3.02. The van der Waals surface area contributed by atoms with Gasteiger partial charge in [-0.25, -0.2) is 13.1 Å². The van der Waals surface area contributed by atoms with E-state index in [0.29, 0.717) is 12.1 Å². The van der Waals surface area contributed by atoms with Crippen LogP contribution in [-0.2, 0) is 16.6 Å². The Hall–Kier alpha value is -2.18. The number of hydrogen-bond donors (Lipinski definition) is 1. The molecular formula is C20H24N2O3S. The smallest absolute Gasteiger partial charge is 0.254 e. The van der Waals surface area contributed by atoms with Gasteiger partial charge in [0.2, 0.25) is 10.0 Å². The lowest BCUT2D eigenvalue weighted by atomic mass is 10.1. The van der Waals surface area contributed by atoms with Crippen molar-refractivity contribution in [3.63, 3.8) is 0 Å². The zero-order valence-corrected chi connectivity index (χ0v) is 16.1. The summed E-state index contributed by atoms with van der Waals surface area (Å²) in [6.45, 7) is 4.30. The van der Waals surface area contributed by atoms with Crippen LogP contribution in [0.4, 0.5) is 0 Å². The monoisotopic (exact) mass is 372 g/mol. The third-order valence-corrected chi connectivity index (χ3v) is 6.05. The van der Waals surface area contributed by atoms with E-state index in [1.54, 1.807) is 24.1 Å². The lowest BCUT2D eigenvalue weighted by molar-refractivity contribution is 0.0784. The number of hydrogen-bond acceptors (Lipinski definition) is 3. The molecule has 2 aromatic rings. The van der Waals surface area contributed by atoms with Gasteiger partial charge in [-0.3, -0.25) is 4.79 Å². The van der Waals surface area contributed by atoms with E-state index < -0.39 is 10.0 Å². The van der Waals surface area contributed by atoms with Gasteiger partial charge in [-0.2, -0.15) is 0 Å². The first-order chi connectivity index (χ1) is 12.3. The van der Waals surface area contributed by atoms with Gasteiger partial charge in [-0.05, 0) is 49.9 Å². The van der Waals surface area contributed by atoms with Gasteiger partial charge in [0, 0.05) is 25.2 Å².